The number of rotatable bonds is 5. The first-order valence-electron chi connectivity index (χ1n) is 6.81. The summed E-state index contributed by atoms with van der Waals surface area (Å²) in [6, 6.07) is 11.5. The summed E-state index contributed by atoms with van der Waals surface area (Å²) >= 11 is 0. The van der Waals surface area contributed by atoms with Crippen LogP contribution in [0.5, 0.6) is 0 Å². The Labute approximate surface area is 126 Å². The molecule has 0 saturated heterocycles. The van der Waals surface area contributed by atoms with E-state index in [-0.39, 0.29) is 11.6 Å². The van der Waals surface area contributed by atoms with Crippen molar-refractivity contribution in [1.82, 2.24) is 20.1 Å². The summed E-state index contributed by atoms with van der Waals surface area (Å²) < 4.78 is 28.9. The molecule has 3 aromatic rings. The number of benzene rings is 2. The summed E-state index contributed by atoms with van der Waals surface area (Å²) in [6.45, 7) is 0.835. The summed E-state index contributed by atoms with van der Waals surface area (Å²) in [5.41, 5.74) is 1.70. The lowest BCUT2D eigenvalue weighted by Crippen LogP contribution is -2.14. The molecule has 0 saturated carbocycles. The standard InChI is InChI=1S/C16H14F2N4/c17-14-4-2-1-3-13(14)9-19-8-12-5-6-16(15(18)7-12)22-11-20-10-21-22/h1-7,10-11,19H,8-9H2. The summed E-state index contributed by atoms with van der Waals surface area (Å²) in [5, 5.41) is 7.00. The molecule has 1 heterocycles. The Morgan fingerprint density at radius 1 is 1.00 bits per heavy atom. The highest BCUT2D eigenvalue weighted by molar-refractivity contribution is 5.35. The van der Waals surface area contributed by atoms with Crippen molar-refractivity contribution in [3.63, 3.8) is 0 Å². The van der Waals surface area contributed by atoms with E-state index in [4.69, 9.17) is 0 Å². The van der Waals surface area contributed by atoms with Crippen molar-refractivity contribution < 1.29 is 8.78 Å². The Kier molecular flexibility index (Phi) is 4.20. The molecule has 0 bridgehead atoms. The van der Waals surface area contributed by atoms with Gasteiger partial charge in [0.05, 0.1) is 0 Å². The van der Waals surface area contributed by atoms with Gasteiger partial charge in [-0.2, -0.15) is 5.10 Å². The van der Waals surface area contributed by atoms with Gasteiger partial charge in [-0.05, 0) is 23.8 Å². The van der Waals surface area contributed by atoms with Crippen molar-refractivity contribution in [2.24, 2.45) is 0 Å². The quantitative estimate of drug-likeness (QED) is 0.788. The van der Waals surface area contributed by atoms with Gasteiger partial charge in [0.2, 0.25) is 0 Å². The highest BCUT2D eigenvalue weighted by atomic mass is 19.1. The number of hydrogen-bond donors (Lipinski definition) is 1. The molecule has 1 N–H and O–H groups in total. The maximum atomic E-state index is 14.1. The van der Waals surface area contributed by atoms with Crippen molar-refractivity contribution in [1.29, 1.82) is 0 Å². The second kappa shape index (κ2) is 6.44. The van der Waals surface area contributed by atoms with Crippen LogP contribution >= 0.6 is 0 Å². The molecule has 6 heteroatoms. The highest BCUT2D eigenvalue weighted by Crippen LogP contribution is 2.14. The van der Waals surface area contributed by atoms with Crippen LogP contribution < -0.4 is 5.32 Å². The average molecular weight is 300 g/mol. The summed E-state index contributed by atoms with van der Waals surface area (Å²) in [5.74, 6) is -0.626. The Hall–Kier alpha value is -2.60. The van der Waals surface area contributed by atoms with E-state index >= 15 is 0 Å². The molecule has 22 heavy (non-hydrogen) atoms. The highest BCUT2D eigenvalue weighted by Gasteiger charge is 2.06. The number of hydrogen-bond acceptors (Lipinski definition) is 3. The molecule has 0 aliphatic rings. The third-order valence-electron chi connectivity index (χ3n) is 3.28. The van der Waals surface area contributed by atoms with E-state index in [0.29, 0.717) is 24.3 Å². The van der Waals surface area contributed by atoms with Crippen LogP contribution in [0.4, 0.5) is 8.78 Å². The molecule has 112 valence electrons. The molecule has 0 fully saturated rings. The van der Waals surface area contributed by atoms with Gasteiger partial charge in [-0.15, -0.1) is 0 Å². The van der Waals surface area contributed by atoms with Crippen LogP contribution in [-0.4, -0.2) is 14.8 Å². The molecule has 4 nitrogen and oxygen atoms in total. The normalized spacial score (nSPS) is 10.8. The molecule has 2 aromatic carbocycles. The fraction of sp³-hybridized carbons (Fsp3) is 0.125. The minimum atomic E-state index is -0.379. The first kappa shape index (κ1) is 14.3. The first-order chi connectivity index (χ1) is 10.7. The summed E-state index contributed by atoms with van der Waals surface area (Å²) in [6.07, 6.45) is 2.79. The Morgan fingerprint density at radius 3 is 2.59 bits per heavy atom. The molecule has 3 rings (SSSR count). The lowest BCUT2D eigenvalue weighted by molar-refractivity contribution is 0.584. The molecule has 1 aromatic heterocycles. The van der Waals surface area contributed by atoms with Gasteiger partial charge in [0.15, 0.2) is 0 Å². The van der Waals surface area contributed by atoms with Crippen LogP contribution in [0.25, 0.3) is 5.69 Å². The minimum absolute atomic E-state index is 0.247. The maximum Gasteiger partial charge on any atom is 0.149 e. The molecular weight excluding hydrogens is 286 g/mol. The molecular formula is C16H14F2N4. The fourth-order valence-electron chi connectivity index (χ4n) is 2.16. The van der Waals surface area contributed by atoms with E-state index in [1.54, 1.807) is 30.3 Å². The van der Waals surface area contributed by atoms with Crippen LogP contribution in [0.15, 0.2) is 55.1 Å². The second-order valence-corrected chi connectivity index (χ2v) is 4.82. The Balaban J connectivity index is 1.64. The third kappa shape index (κ3) is 3.17. The third-order valence-corrected chi connectivity index (χ3v) is 3.28. The van der Waals surface area contributed by atoms with Crippen LogP contribution in [0, 0.1) is 11.6 Å². The monoisotopic (exact) mass is 300 g/mol. The molecule has 0 spiro atoms. The zero-order chi connectivity index (χ0) is 15.4. The van der Waals surface area contributed by atoms with E-state index < -0.39 is 0 Å². The van der Waals surface area contributed by atoms with Gasteiger partial charge >= 0.3 is 0 Å². The molecule has 0 aliphatic carbocycles. The summed E-state index contributed by atoms with van der Waals surface area (Å²) in [7, 11) is 0. The van der Waals surface area contributed by atoms with Crippen molar-refractivity contribution in [3.8, 4) is 5.69 Å². The number of nitrogens with one attached hydrogen (secondary N) is 1. The van der Waals surface area contributed by atoms with Crippen molar-refractivity contribution in [3.05, 3.63) is 77.9 Å². The first-order valence-corrected chi connectivity index (χ1v) is 6.81. The molecule has 0 amide bonds. The van der Waals surface area contributed by atoms with E-state index in [9.17, 15) is 8.78 Å². The number of halogens is 2. The lowest BCUT2D eigenvalue weighted by Gasteiger charge is -2.08. The predicted octanol–water partition coefficient (Wildman–Crippen LogP) is 2.84. The molecule has 0 radical (unpaired) electrons. The van der Waals surface area contributed by atoms with Gasteiger partial charge in [0, 0.05) is 18.7 Å². The maximum absolute atomic E-state index is 14.1. The van der Waals surface area contributed by atoms with Gasteiger partial charge in [0.25, 0.3) is 0 Å². The van der Waals surface area contributed by atoms with E-state index in [1.165, 1.54) is 29.5 Å². The van der Waals surface area contributed by atoms with Crippen LogP contribution in [-0.2, 0) is 13.1 Å². The van der Waals surface area contributed by atoms with Crippen molar-refractivity contribution in [2.45, 2.75) is 13.1 Å². The minimum Gasteiger partial charge on any atom is -0.309 e. The zero-order valence-corrected chi connectivity index (χ0v) is 11.7. The predicted molar refractivity (Wildman–Crippen MR) is 78.3 cm³/mol. The smallest absolute Gasteiger partial charge is 0.149 e. The van der Waals surface area contributed by atoms with Gasteiger partial charge in [-0.3, -0.25) is 0 Å². The van der Waals surface area contributed by atoms with E-state index in [0.717, 1.165) is 5.56 Å². The summed E-state index contributed by atoms with van der Waals surface area (Å²) in [4.78, 5) is 3.79. The van der Waals surface area contributed by atoms with Crippen LogP contribution in [0.3, 0.4) is 0 Å². The van der Waals surface area contributed by atoms with Gasteiger partial charge in [-0.1, -0.05) is 24.3 Å². The fourth-order valence-corrected chi connectivity index (χ4v) is 2.16. The zero-order valence-electron chi connectivity index (χ0n) is 11.7. The average Bonchev–Trinajstić information content (AvgIpc) is 3.03. The second-order valence-electron chi connectivity index (χ2n) is 4.82. The van der Waals surface area contributed by atoms with Crippen molar-refractivity contribution >= 4 is 0 Å². The largest absolute Gasteiger partial charge is 0.309 e. The lowest BCUT2D eigenvalue weighted by atomic mass is 10.1. The van der Waals surface area contributed by atoms with Crippen LogP contribution in [0.1, 0.15) is 11.1 Å². The van der Waals surface area contributed by atoms with E-state index in [2.05, 4.69) is 15.4 Å². The van der Waals surface area contributed by atoms with Crippen LogP contribution in [0.2, 0.25) is 0 Å². The van der Waals surface area contributed by atoms with Crippen molar-refractivity contribution in [2.75, 3.05) is 0 Å². The van der Waals surface area contributed by atoms with Gasteiger partial charge in [0.1, 0.15) is 30.0 Å². The number of aromatic nitrogens is 3. The number of nitrogens with zero attached hydrogens (tertiary/aromatic N) is 3. The van der Waals surface area contributed by atoms with Gasteiger partial charge < -0.3 is 5.32 Å². The molecule has 0 aliphatic heterocycles. The SMILES string of the molecule is Fc1ccccc1CNCc1ccc(-n2cncn2)c(F)c1. The van der Waals surface area contributed by atoms with Gasteiger partial charge in [-0.25, -0.2) is 18.4 Å². The van der Waals surface area contributed by atoms with E-state index in [1.807, 2.05) is 0 Å². The molecule has 0 unspecified atom stereocenters. The Morgan fingerprint density at radius 2 is 1.86 bits per heavy atom. The topological polar surface area (TPSA) is 42.7 Å². The molecule has 0 atom stereocenters. The Bertz CT molecular complexity index is 757.